The molecule has 0 atom stereocenters. The number of rotatable bonds is 9. The number of nitrogen functional groups attached to an aromatic ring is 1. The Hall–Kier alpha value is -1.71. The van der Waals surface area contributed by atoms with Gasteiger partial charge in [-0.2, -0.15) is 0 Å². The topological polar surface area (TPSA) is 61.5 Å². The molecule has 0 bridgehead atoms. The molecule has 0 aliphatic heterocycles. The van der Waals surface area contributed by atoms with Gasteiger partial charge in [-0.05, 0) is 18.6 Å². The van der Waals surface area contributed by atoms with Crippen LogP contribution in [0.2, 0.25) is 0 Å². The van der Waals surface area contributed by atoms with E-state index < -0.39 is 0 Å². The van der Waals surface area contributed by atoms with Gasteiger partial charge in [0.1, 0.15) is 6.29 Å². The third-order valence-corrected chi connectivity index (χ3v) is 2.96. The molecule has 0 amide bonds. The molecule has 4 nitrogen and oxygen atoms in total. The smallest absolute Gasteiger partial charge is 0.184 e. The van der Waals surface area contributed by atoms with Crippen LogP contribution in [0.15, 0.2) is 12.1 Å². The second-order valence-corrected chi connectivity index (χ2v) is 4.52. The van der Waals surface area contributed by atoms with E-state index in [9.17, 15) is 4.79 Å². The minimum atomic E-state index is 0.440. The summed E-state index contributed by atoms with van der Waals surface area (Å²) in [5.41, 5.74) is 6.80. The van der Waals surface area contributed by atoms with Crippen LogP contribution in [0.4, 0.5) is 5.69 Å². The van der Waals surface area contributed by atoms with E-state index in [4.69, 9.17) is 15.2 Å². The Kier molecular flexibility index (Phi) is 6.79. The number of unbranched alkanes of at least 4 members (excludes halogenated alkanes) is 4. The van der Waals surface area contributed by atoms with Crippen LogP contribution < -0.4 is 15.2 Å². The number of hydrogen-bond acceptors (Lipinski definition) is 4. The Labute approximate surface area is 114 Å². The predicted molar refractivity (Wildman–Crippen MR) is 77.0 cm³/mol. The third kappa shape index (κ3) is 4.81. The molecular formula is C15H23NO3. The number of ether oxygens (including phenoxy) is 2. The summed E-state index contributed by atoms with van der Waals surface area (Å²) in [6, 6.07) is 3.23. The molecule has 0 aliphatic carbocycles. The summed E-state index contributed by atoms with van der Waals surface area (Å²) in [4.78, 5) is 10.7. The number of anilines is 1. The minimum Gasteiger partial charge on any atom is -0.493 e. The monoisotopic (exact) mass is 265 g/mol. The fourth-order valence-corrected chi connectivity index (χ4v) is 1.90. The second-order valence-electron chi connectivity index (χ2n) is 4.52. The highest BCUT2D eigenvalue weighted by Crippen LogP contribution is 2.34. The van der Waals surface area contributed by atoms with Gasteiger partial charge < -0.3 is 15.2 Å². The molecule has 0 aliphatic rings. The number of methoxy groups -OCH3 is 1. The fraction of sp³-hybridized carbons (Fsp3) is 0.533. The van der Waals surface area contributed by atoms with Gasteiger partial charge in [-0.15, -0.1) is 0 Å². The van der Waals surface area contributed by atoms with E-state index in [1.54, 1.807) is 12.1 Å². The van der Waals surface area contributed by atoms with Crippen molar-refractivity contribution in [2.24, 2.45) is 0 Å². The van der Waals surface area contributed by atoms with E-state index in [2.05, 4.69) is 6.92 Å². The van der Waals surface area contributed by atoms with E-state index in [-0.39, 0.29) is 0 Å². The number of carbonyl (C=O) groups excluding carboxylic acids is 1. The van der Waals surface area contributed by atoms with E-state index in [0.717, 1.165) is 19.1 Å². The van der Waals surface area contributed by atoms with Crippen molar-refractivity contribution >= 4 is 12.0 Å². The Balaban J connectivity index is 2.55. The average molecular weight is 265 g/mol. The van der Waals surface area contributed by atoms with Gasteiger partial charge in [0.2, 0.25) is 0 Å². The Bertz CT molecular complexity index is 405. The molecule has 0 unspecified atom stereocenters. The number of nitrogens with two attached hydrogens (primary N) is 1. The zero-order valence-corrected chi connectivity index (χ0v) is 11.8. The molecule has 1 aromatic rings. The van der Waals surface area contributed by atoms with Crippen molar-refractivity contribution in [2.75, 3.05) is 19.5 Å². The molecule has 0 fully saturated rings. The molecule has 1 rings (SSSR count). The van der Waals surface area contributed by atoms with Gasteiger partial charge >= 0.3 is 0 Å². The maximum atomic E-state index is 10.7. The molecule has 1 aromatic carbocycles. The summed E-state index contributed by atoms with van der Waals surface area (Å²) in [6.07, 6.45) is 6.62. The number of aldehydes is 1. The van der Waals surface area contributed by atoms with Crippen molar-refractivity contribution in [3.8, 4) is 11.5 Å². The molecule has 4 heteroatoms. The van der Waals surface area contributed by atoms with Gasteiger partial charge in [0.05, 0.1) is 19.4 Å². The highest BCUT2D eigenvalue weighted by molar-refractivity contribution is 5.80. The fourth-order valence-electron chi connectivity index (χ4n) is 1.90. The first-order valence-electron chi connectivity index (χ1n) is 6.78. The number of benzene rings is 1. The van der Waals surface area contributed by atoms with Crippen LogP contribution in [-0.2, 0) is 0 Å². The standard InChI is InChI=1S/C15H23NO3/c1-3-4-5-6-7-8-19-15-13(16)9-12(11-17)10-14(15)18-2/h9-11H,3-8,16H2,1-2H3. The third-order valence-electron chi connectivity index (χ3n) is 2.96. The zero-order valence-electron chi connectivity index (χ0n) is 11.8. The largest absolute Gasteiger partial charge is 0.493 e. The van der Waals surface area contributed by atoms with Crippen LogP contribution in [0.5, 0.6) is 11.5 Å². The van der Waals surface area contributed by atoms with Crippen molar-refractivity contribution in [3.05, 3.63) is 17.7 Å². The first-order chi connectivity index (χ1) is 9.22. The van der Waals surface area contributed by atoms with Gasteiger partial charge in [-0.1, -0.05) is 32.6 Å². The molecule has 0 aromatic heterocycles. The summed E-state index contributed by atoms with van der Waals surface area (Å²) in [5.74, 6) is 1.04. The lowest BCUT2D eigenvalue weighted by atomic mass is 10.1. The van der Waals surface area contributed by atoms with Crippen molar-refractivity contribution in [3.63, 3.8) is 0 Å². The lowest BCUT2D eigenvalue weighted by molar-refractivity contribution is 0.112. The second kappa shape index (κ2) is 8.40. The quantitative estimate of drug-likeness (QED) is 0.422. The average Bonchev–Trinajstić information content (AvgIpc) is 2.43. The maximum Gasteiger partial charge on any atom is 0.184 e. The molecule has 0 radical (unpaired) electrons. The summed E-state index contributed by atoms with van der Waals surface area (Å²) in [7, 11) is 1.54. The Morgan fingerprint density at radius 3 is 2.58 bits per heavy atom. The van der Waals surface area contributed by atoms with E-state index in [1.807, 2.05) is 0 Å². The highest BCUT2D eigenvalue weighted by Gasteiger charge is 2.10. The summed E-state index contributed by atoms with van der Waals surface area (Å²) in [6.45, 7) is 2.81. The van der Waals surface area contributed by atoms with Gasteiger partial charge in [-0.25, -0.2) is 0 Å². The molecule has 0 spiro atoms. The molecule has 2 N–H and O–H groups in total. The van der Waals surface area contributed by atoms with Crippen molar-refractivity contribution < 1.29 is 14.3 Å². The number of carbonyl (C=O) groups is 1. The van der Waals surface area contributed by atoms with Crippen LogP contribution in [0.1, 0.15) is 49.4 Å². The lowest BCUT2D eigenvalue weighted by Crippen LogP contribution is -2.03. The van der Waals surface area contributed by atoms with E-state index in [1.165, 1.54) is 26.4 Å². The Morgan fingerprint density at radius 1 is 1.21 bits per heavy atom. The van der Waals surface area contributed by atoms with Gasteiger partial charge in [0, 0.05) is 5.56 Å². The van der Waals surface area contributed by atoms with E-state index >= 15 is 0 Å². The van der Waals surface area contributed by atoms with Gasteiger partial charge in [0.25, 0.3) is 0 Å². The normalized spacial score (nSPS) is 10.2. The molecular weight excluding hydrogens is 242 g/mol. The van der Waals surface area contributed by atoms with Crippen molar-refractivity contribution in [1.82, 2.24) is 0 Å². The molecule has 106 valence electrons. The van der Waals surface area contributed by atoms with Crippen LogP contribution in [-0.4, -0.2) is 20.0 Å². The zero-order chi connectivity index (χ0) is 14.1. The molecule has 0 saturated heterocycles. The van der Waals surface area contributed by atoms with E-state index in [0.29, 0.717) is 29.4 Å². The van der Waals surface area contributed by atoms with Crippen LogP contribution in [0.25, 0.3) is 0 Å². The first kappa shape index (κ1) is 15.3. The number of hydrogen-bond donors (Lipinski definition) is 1. The minimum absolute atomic E-state index is 0.440. The highest BCUT2D eigenvalue weighted by atomic mass is 16.5. The maximum absolute atomic E-state index is 10.7. The molecule has 19 heavy (non-hydrogen) atoms. The summed E-state index contributed by atoms with van der Waals surface area (Å²) < 4.78 is 10.9. The van der Waals surface area contributed by atoms with Gasteiger partial charge in [0.15, 0.2) is 11.5 Å². The molecule has 0 heterocycles. The Morgan fingerprint density at radius 2 is 1.95 bits per heavy atom. The van der Waals surface area contributed by atoms with Crippen LogP contribution >= 0.6 is 0 Å². The van der Waals surface area contributed by atoms with Crippen LogP contribution in [0, 0.1) is 0 Å². The predicted octanol–water partition coefficient (Wildman–Crippen LogP) is 3.44. The first-order valence-corrected chi connectivity index (χ1v) is 6.78. The van der Waals surface area contributed by atoms with Crippen LogP contribution in [0.3, 0.4) is 0 Å². The lowest BCUT2D eigenvalue weighted by Gasteiger charge is -2.13. The van der Waals surface area contributed by atoms with Crippen molar-refractivity contribution in [1.29, 1.82) is 0 Å². The summed E-state index contributed by atoms with van der Waals surface area (Å²) >= 11 is 0. The van der Waals surface area contributed by atoms with Gasteiger partial charge in [-0.3, -0.25) is 4.79 Å². The SMILES string of the molecule is CCCCCCCOc1c(N)cc(C=O)cc1OC. The summed E-state index contributed by atoms with van der Waals surface area (Å²) in [5, 5.41) is 0. The molecule has 0 saturated carbocycles. The van der Waals surface area contributed by atoms with Crippen molar-refractivity contribution in [2.45, 2.75) is 39.0 Å².